The number of hydrogen-bond acceptors (Lipinski definition) is 1. The molecule has 0 radical (unpaired) electrons. The maximum atomic E-state index is 10.6. The fourth-order valence-electron chi connectivity index (χ4n) is 2.19. The van der Waals surface area contributed by atoms with Gasteiger partial charge in [-0.15, -0.1) is 0 Å². The molecule has 102 valence electrons. The first kappa shape index (κ1) is 15.1. The van der Waals surface area contributed by atoms with Crippen LogP contribution in [0.4, 0.5) is 0 Å². The molecule has 0 amide bonds. The Bertz CT molecular complexity index is 390. The van der Waals surface area contributed by atoms with Gasteiger partial charge < -0.3 is 5.11 Å². The van der Waals surface area contributed by atoms with Gasteiger partial charge in [0, 0.05) is 11.1 Å². The summed E-state index contributed by atoms with van der Waals surface area (Å²) in [6, 6.07) is 4.27. The zero-order valence-corrected chi connectivity index (χ0v) is 13.0. The second-order valence-corrected chi connectivity index (χ2v) is 6.68. The van der Waals surface area contributed by atoms with E-state index in [0.717, 1.165) is 24.0 Å². The Morgan fingerprint density at radius 1 is 0.889 bits per heavy atom. The fraction of sp³-hybridized carbons (Fsp3) is 0.647. The summed E-state index contributed by atoms with van der Waals surface area (Å²) in [5, 5.41) is 10.6. The second-order valence-electron chi connectivity index (χ2n) is 6.68. The molecule has 1 heteroatoms. The first-order chi connectivity index (χ1) is 8.15. The summed E-state index contributed by atoms with van der Waals surface area (Å²) in [4.78, 5) is 0. The number of hydrogen-bond donors (Lipinski definition) is 1. The van der Waals surface area contributed by atoms with E-state index in [1.807, 2.05) is 0 Å². The van der Waals surface area contributed by atoms with E-state index in [4.69, 9.17) is 0 Å². The van der Waals surface area contributed by atoms with E-state index in [-0.39, 0.29) is 10.8 Å². The van der Waals surface area contributed by atoms with Crippen LogP contribution in [0, 0.1) is 6.92 Å². The smallest absolute Gasteiger partial charge is 0.123 e. The van der Waals surface area contributed by atoms with Crippen molar-refractivity contribution in [1.82, 2.24) is 0 Å². The van der Waals surface area contributed by atoms with Gasteiger partial charge in [0.1, 0.15) is 5.75 Å². The number of phenolic OH excluding ortho intramolecular Hbond substituents is 1. The maximum Gasteiger partial charge on any atom is 0.123 e. The van der Waals surface area contributed by atoms with E-state index in [2.05, 4.69) is 60.6 Å². The average Bonchev–Trinajstić information content (AvgIpc) is 2.31. The van der Waals surface area contributed by atoms with Crippen LogP contribution in [0.3, 0.4) is 0 Å². The van der Waals surface area contributed by atoms with Crippen LogP contribution in [0.2, 0.25) is 0 Å². The lowest BCUT2D eigenvalue weighted by atomic mass is 9.75. The maximum absolute atomic E-state index is 10.6. The molecule has 0 aliphatic rings. The van der Waals surface area contributed by atoms with Crippen LogP contribution in [0.1, 0.15) is 71.1 Å². The largest absolute Gasteiger partial charge is 0.507 e. The lowest BCUT2D eigenvalue weighted by Crippen LogP contribution is -2.21. The molecule has 0 unspecified atom stereocenters. The number of aromatic hydroxyl groups is 1. The predicted octanol–water partition coefficient (Wildman–Crippen LogP) is 5.08. The Labute approximate surface area is 112 Å². The van der Waals surface area contributed by atoms with Crippen molar-refractivity contribution < 1.29 is 5.11 Å². The molecule has 0 heterocycles. The summed E-state index contributed by atoms with van der Waals surface area (Å²) in [6.07, 6.45) is 2.05. The molecule has 0 saturated heterocycles. The Kier molecular flexibility index (Phi) is 4.15. The van der Waals surface area contributed by atoms with Crippen LogP contribution >= 0.6 is 0 Å². The Hall–Kier alpha value is -0.980. The summed E-state index contributed by atoms with van der Waals surface area (Å²) >= 11 is 0. The highest BCUT2D eigenvalue weighted by atomic mass is 16.3. The Morgan fingerprint density at radius 2 is 1.22 bits per heavy atom. The molecule has 0 saturated carbocycles. The molecule has 1 nitrogen and oxygen atoms in total. The van der Waals surface area contributed by atoms with Crippen molar-refractivity contribution in [3.63, 3.8) is 0 Å². The van der Waals surface area contributed by atoms with Crippen molar-refractivity contribution in [2.24, 2.45) is 0 Å². The molecule has 0 bridgehead atoms. The van der Waals surface area contributed by atoms with E-state index < -0.39 is 0 Å². The van der Waals surface area contributed by atoms with Gasteiger partial charge in [0.05, 0.1) is 0 Å². The SMILES string of the molecule is CCC(C)(C)c1cc(C)cc(C(C)(C)CC)c1O. The monoisotopic (exact) mass is 248 g/mol. The summed E-state index contributed by atoms with van der Waals surface area (Å²) in [6.45, 7) is 15.3. The number of benzene rings is 1. The minimum absolute atomic E-state index is 0.0225. The minimum atomic E-state index is 0.0225. The van der Waals surface area contributed by atoms with Gasteiger partial charge in [-0.3, -0.25) is 0 Å². The first-order valence-corrected chi connectivity index (χ1v) is 7.00. The van der Waals surface area contributed by atoms with Crippen molar-refractivity contribution in [3.8, 4) is 5.75 Å². The Balaban J connectivity index is 3.50. The van der Waals surface area contributed by atoms with E-state index >= 15 is 0 Å². The van der Waals surface area contributed by atoms with Crippen LogP contribution in [-0.4, -0.2) is 5.11 Å². The summed E-state index contributed by atoms with van der Waals surface area (Å²) in [7, 11) is 0. The number of phenols is 1. The number of rotatable bonds is 4. The summed E-state index contributed by atoms with van der Waals surface area (Å²) in [5.74, 6) is 0.499. The van der Waals surface area contributed by atoms with E-state index in [1.54, 1.807) is 0 Å². The van der Waals surface area contributed by atoms with Crippen molar-refractivity contribution in [3.05, 3.63) is 28.8 Å². The van der Waals surface area contributed by atoms with Crippen molar-refractivity contribution in [2.45, 2.75) is 72.1 Å². The van der Waals surface area contributed by atoms with Crippen LogP contribution in [-0.2, 0) is 10.8 Å². The van der Waals surface area contributed by atoms with E-state index in [1.165, 1.54) is 5.56 Å². The lowest BCUT2D eigenvalue weighted by molar-refractivity contribution is 0.400. The lowest BCUT2D eigenvalue weighted by Gasteiger charge is -2.31. The summed E-state index contributed by atoms with van der Waals surface area (Å²) < 4.78 is 0. The molecule has 0 atom stereocenters. The normalized spacial score (nSPS) is 12.8. The third kappa shape index (κ3) is 2.71. The molecule has 1 aromatic carbocycles. The molecule has 0 aromatic heterocycles. The quantitative estimate of drug-likeness (QED) is 0.788. The molecule has 1 aromatic rings. The molecular weight excluding hydrogens is 220 g/mol. The average molecular weight is 248 g/mol. The number of aryl methyl sites for hydroxylation is 1. The third-order valence-corrected chi connectivity index (χ3v) is 4.48. The molecule has 18 heavy (non-hydrogen) atoms. The van der Waals surface area contributed by atoms with Gasteiger partial charge in [-0.05, 0) is 30.6 Å². The molecule has 1 N–H and O–H groups in total. The molecule has 0 aliphatic heterocycles. The predicted molar refractivity (Wildman–Crippen MR) is 79.5 cm³/mol. The molecule has 0 fully saturated rings. The fourth-order valence-corrected chi connectivity index (χ4v) is 2.19. The first-order valence-electron chi connectivity index (χ1n) is 7.00. The van der Waals surface area contributed by atoms with Crippen LogP contribution < -0.4 is 0 Å². The summed E-state index contributed by atoms with van der Waals surface area (Å²) in [5.41, 5.74) is 3.45. The van der Waals surface area contributed by atoms with Gasteiger partial charge in [-0.25, -0.2) is 0 Å². The molecule has 0 spiro atoms. The topological polar surface area (TPSA) is 20.2 Å². The van der Waals surface area contributed by atoms with E-state index in [9.17, 15) is 5.11 Å². The van der Waals surface area contributed by atoms with Crippen LogP contribution in [0.5, 0.6) is 5.75 Å². The van der Waals surface area contributed by atoms with Crippen molar-refractivity contribution in [2.75, 3.05) is 0 Å². The second kappa shape index (κ2) is 4.95. The zero-order chi connectivity index (χ0) is 14.1. The van der Waals surface area contributed by atoms with Crippen molar-refractivity contribution in [1.29, 1.82) is 0 Å². The van der Waals surface area contributed by atoms with Gasteiger partial charge in [-0.1, -0.05) is 59.2 Å². The third-order valence-electron chi connectivity index (χ3n) is 4.48. The molecule has 0 aliphatic carbocycles. The molecule has 1 rings (SSSR count). The van der Waals surface area contributed by atoms with Gasteiger partial charge in [0.25, 0.3) is 0 Å². The van der Waals surface area contributed by atoms with Gasteiger partial charge >= 0.3 is 0 Å². The highest BCUT2D eigenvalue weighted by molar-refractivity contribution is 5.49. The van der Waals surface area contributed by atoms with Gasteiger partial charge in [0.15, 0.2) is 0 Å². The molecular formula is C17H28O. The standard InChI is InChI=1S/C17H28O/c1-8-16(4,5)13-10-12(3)11-14(15(13)18)17(6,7)9-2/h10-11,18H,8-9H2,1-7H3. The highest BCUT2D eigenvalue weighted by Crippen LogP contribution is 2.42. The van der Waals surface area contributed by atoms with Crippen molar-refractivity contribution >= 4 is 0 Å². The minimum Gasteiger partial charge on any atom is -0.507 e. The highest BCUT2D eigenvalue weighted by Gasteiger charge is 2.28. The Morgan fingerprint density at radius 3 is 1.50 bits per heavy atom. The van der Waals surface area contributed by atoms with Gasteiger partial charge in [-0.2, -0.15) is 0 Å². The van der Waals surface area contributed by atoms with Crippen LogP contribution in [0.25, 0.3) is 0 Å². The van der Waals surface area contributed by atoms with E-state index in [0.29, 0.717) is 5.75 Å². The van der Waals surface area contributed by atoms with Crippen LogP contribution in [0.15, 0.2) is 12.1 Å². The zero-order valence-electron chi connectivity index (χ0n) is 13.0. The van der Waals surface area contributed by atoms with Gasteiger partial charge in [0.2, 0.25) is 0 Å².